The van der Waals surface area contributed by atoms with Crippen molar-refractivity contribution in [3.63, 3.8) is 0 Å². The molecule has 8 heteroatoms. The van der Waals surface area contributed by atoms with Gasteiger partial charge in [0.1, 0.15) is 6.61 Å². The van der Waals surface area contributed by atoms with Gasteiger partial charge in [-0.3, -0.25) is 4.79 Å². The lowest BCUT2D eigenvalue weighted by Gasteiger charge is -2.09. The van der Waals surface area contributed by atoms with Crippen molar-refractivity contribution in [3.8, 4) is 0 Å². The number of hydrogen-bond donors (Lipinski definition) is 1. The van der Waals surface area contributed by atoms with Gasteiger partial charge >= 0.3 is 0 Å². The molecule has 0 spiro atoms. The van der Waals surface area contributed by atoms with Crippen molar-refractivity contribution < 1.29 is 9.53 Å². The number of methoxy groups -OCH3 is 1. The molecular weight excluding hydrogens is 392 g/mol. The van der Waals surface area contributed by atoms with E-state index in [1.54, 1.807) is 13.2 Å². The number of nitrogens with zero attached hydrogens (tertiary/aromatic N) is 3. The highest BCUT2D eigenvalue weighted by Gasteiger charge is 2.14. The molecule has 0 saturated heterocycles. The summed E-state index contributed by atoms with van der Waals surface area (Å²) in [6.45, 7) is 6.66. The summed E-state index contributed by atoms with van der Waals surface area (Å²) >= 11 is 4.78. The number of carbonyl (C=O) groups excluding carboxylic acids is 1. The molecule has 1 aromatic heterocycles. The number of nitrogens with one attached hydrogen (secondary N) is 1. The van der Waals surface area contributed by atoms with Gasteiger partial charge in [0.25, 0.3) is 0 Å². The SMILES string of the molecule is C=CCn1c(COC)nnc1SCC(=O)Nc1ccc(C)cc1Br. The van der Waals surface area contributed by atoms with Crippen molar-refractivity contribution in [1.82, 2.24) is 14.8 Å². The monoisotopic (exact) mass is 410 g/mol. The molecule has 2 rings (SSSR count). The smallest absolute Gasteiger partial charge is 0.234 e. The number of amides is 1. The summed E-state index contributed by atoms with van der Waals surface area (Å²) in [6.07, 6.45) is 1.76. The van der Waals surface area contributed by atoms with E-state index < -0.39 is 0 Å². The Kier molecular flexibility index (Phi) is 7.01. The third-order valence-electron chi connectivity index (χ3n) is 3.11. The van der Waals surface area contributed by atoms with Crippen LogP contribution in [0.15, 0.2) is 40.5 Å². The van der Waals surface area contributed by atoms with Gasteiger partial charge in [-0.2, -0.15) is 0 Å². The van der Waals surface area contributed by atoms with Gasteiger partial charge in [-0.25, -0.2) is 0 Å². The number of allylic oxidation sites excluding steroid dienone is 1. The molecule has 0 saturated carbocycles. The molecule has 0 bridgehead atoms. The molecule has 128 valence electrons. The topological polar surface area (TPSA) is 69.0 Å². The third-order valence-corrected chi connectivity index (χ3v) is 4.73. The zero-order valence-corrected chi connectivity index (χ0v) is 16.0. The minimum Gasteiger partial charge on any atom is -0.377 e. The maximum absolute atomic E-state index is 12.2. The molecule has 6 nitrogen and oxygen atoms in total. The standard InChI is InChI=1S/C16H19BrN4O2S/c1-4-7-21-14(9-23-3)19-20-16(21)24-10-15(22)18-13-6-5-11(2)8-12(13)17/h4-6,8H,1,7,9-10H2,2-3H3,(H,18,22). The third kappa shape index (κ3) is 4.93. The van der Waals surface area contributed by atoms with Gasteiger partial charge in [0.05, 0.1) is 11.4 Å². The predicted molar refractivity (Wildman–Crippen MR) is 99.2 cm³/mol. The molecule has 0 aliphatic carbocycles. The average molecular weight is 411 g/mol. The second-order valence-corrected chi connectivity index (χ2v) is 6.85. The summed E-state index contributed by atoms with van der Waals surface area (Å²) in [7, 11) is 1.60. The van der Waals surface area contributed by atoms with Crippen molar-refractivity contribution in [2.45, 2.75) is 25.2 Å². The van der Waals surface area contributed by atoms with E-state index in [1.165, 1.54) is 11.8 Å². The Balaban J connectivity index is 1.99. The summed E-state index contributed by atoms with van der Waals surface area (Å²) in [5.41, 5.74) is 1.87. The number of ether oxygens (including phenoxy) is 1. The van der Waals surface area contributed by atoms with E-state index in [1.807, 2.05) is 29.7 Å². The number of thioether (sulfide) groups is 1. The molecule has 0 aliphatic heterocycles. The van der Waals surface area contributed by atoms with Crippen LogP contribution in [-0.2, 0) is 22.7 Å². The predicted octanol–water partition coefficient (Wildman–Crippen LogP) is 3.41. The summed E-state index contributed by atoms with van der Waals surface area (Å²) in [5, 5.41) is 11.8. The molecule has 1 aromatic carbocycles. The lowest BCUT2D eigenvalue weighted by Crippen LogP contribution is -2.15. The van der Waals surface area contributed by atoms with E-state index in [9.17, 15) is 4.79 Å². The summed E-state index contributed by atoms with van der Waals surface area (Å²) < 4.78 is 7.85. The molecule has 24 heavy (non-hydrogen) atoms. The fourth-order valence-electron chi connectivity index (χ4n) is 2.01. The fraction of sp³-hybridized carbons (Fsp3) is 0.312. The normalized spacial score (nSPS) is 10.6. The number of hydrogen-bond acceptors (Lipinski definition) is 5. The Hall–Kier alpha value is -1.64. The van der Waals surface area contributed by atoms with Crippen LogP contribution in [-0.4, -0.2) is 33.5 Å². The van der Waals surface area contributed by atoms with Crippen LogP contribution in [0, 0.1) is 6.92 Å². The number of anilines is 1. The Morgan fingerprint density at radius 3 is 2.96 bits per heavy atom. The number of aromatic nitrogens is 3. The minimum absolute atomic E-state index is 0.106. The lowest BCUT2D eigenvalue weighted by molar-refractivity contribution is -0.113. The molecule has 1 N–H and O–H groups in total. The lowest BCUT2D eigenvalue weighted by atomic mass is 10.2. The number of rotatable bonds is 8. The van der Waals surface area contributed by atoms with Gasteiger partial charge in [0.15, 0.2) is 11.0 Å². The minimum atomic E-state index is -0.106. The zero-order valence-electron chi connectivity index (χ0n) is 13.6. The van der Waals surface area contributed by atoms with Crippen LogP contribution in [0.5, 0.6) is 0 Å². The Bertz CT molecular complexity index is 733. The van der Waals surface area contributed by atoms with Gasteiger partial charge in [-0.15, -0.1) is 16.8 Å². The van der Waals surface area contributed by atoms with E-state index >= 15 is 0 Å². The average Bonchev–Trinajstić information content (AvgIpc) is 2.91. The highest BCUT2D eigenvalue weighted by Crippen LogP contribution is 2.24. The Morgan fingerprint density at radius 2 is 2.29 bits per heavy atom. The molecule has 0 unspecified atom stereocenters. The second-order valence-electron chi connectivity index (χ2n) is 5.05. The van der Waals surface area contributed by atoms with Crippen LogP contribution < -0.4 is 5.32 Å². The van der Waals surface area contributed by atoms with Crippen LogP contribution in [0.2, 0.25) is 0 Å². The van der Waals surface area contributed by atoms with E-state index in [0.29, 0.717) is 24.1 Å². The molecule has 0 fully saturated rings. The first-order valence-electron chi connectivity index (χ1n) is 7.26. The van der Waals surface area contributed by atoms with Crippen LogP contribution in [0.25, 0.3) is 0 Å². The molecule has 0 aliphatic rings. The van der Waals surface area contributed by atoms with Crippen molar-refractivity contribution in [1.29, 1.82) is 0 Å². The first-order chi connectivity index (χ1) is 11.5. The van der Waals surface area contributed by atoms with Crippen LogP contribution >= 0.6 is 27.7 Å². The fourth-order valence-corrected chi connectivity index (χ4v) is 3.37. The molecular formula is C16H19BrN4O2S. The van der Waals surface area contributed by atoms with Gasteiger partial charge in [0.2, 0.25) is 5.91 Å². The van der Waals surface area contributed by atoms with Crippen molar-refractivity contribution >= 4 is 39.3 Å². The van der Waals surface area contributed by atoms with E-state index in [4.69, 9.17) is 4.74 Å². The largest absolute Gasteiger partial charge is 0.377 e. The second kappa shape index (κ2) is 9.00. The molecule has 1 heterocycles. The first-order valence-corrected chi connectivity index (χ1v) is 9.03. The number of benzene rings is 1. The molecule has 0 atom stereocenters. The van der Waals surface area contributed by atoms with Gasteiger partial charge in [-0.1, -0.05) is 23.9 Å². The van der Waals surface area contributed by atoms with Crippen LogP contribution in [0.4, 0.5) is 5.69 Å². The number of halogens is 1. The quantitative estimate of drug-likeness (QED) is 0.533. The van der Waals surface area contributed by atoms with E-state index in [0.717, 1.165) is 15.7 Å². The highest BCUT2D eigenvalue weighted by atomic mass is 79.9. The summed E-state index contributed by atoms with van der Waals surface area (Å²) in [5.74, 6) is 0.843. The molecule has 2 aromatic rings. The maximum atomic E-state index is 12.2. The Morgan fingerprint density at radius 1 is 1.50 bits per heavy atom. The number of aryl methyl sites for hydroxylation is 1. The van der Waals surface area contributed by atoms with Gasteiger partial charge in [-0.05, 0) is 40.5 Å². The van der Waals surface area contributed by atoms with Crippen LogP contribution in [0.1, 0.15) is 11.4 Å². The van der Waals surface area contributed by atoms with Gasteiger partial charge < -0.3 is 14.6 Å². The van der Waals surface area contributed by atoms with Crippen LogP contribution in [0.3, 0.4) is 0 Å². The maximum Gasteiger partial charge on any atom is 0.234 e. The van der Waals surface area contributed by atoms with E-state index in [-0.39, 0.29) is 11.7 Å². The molecule has 0 radical (unpaired) electrons. The number of carbonyl (C=O) groups is 1. The van der Waals surface area contributed by atoms with E-state index in [2.05, 4.69) is 38.0 Å². The van der Waals surface area contributed by atoms with Crippen molar-refractivity contribution in [3.05, 3.63) is 46.7 Å². The summed E-state index contributed by atoms with van der Waals surface area (Å²) in [4.78, 5) is 12.2. The van der Waals surface area contributed by atoms with Crippen molar-refractivity contribution in [2.24, 2.45) is 0 Å². The highest BCUT2D eigenvalue weighted by molar-refractivity contribution is 9.10. The van der Waals surface area contributed by atoms with Crippen molar-refractivity contribution in [2.75, 3.05) is 18.2 Å². The first kappa shape index (κ1) is 18.7. The Labute approximate surface area is 153 Å². The summed E-state index contributed by atoms with van der Waals surface area (Å²) in [6, 6.07) is 5.78. The van der Waals surface area contributed by atoms with Gasteiger partial charge in [0, 0.05) is 18.1 Å². The zero-order chi connectivity index (χ0) is 17.5. The molecule has 1 amide bonds.